The molecule has 1 heterocycles. The van der Waals surface area contributed by atoms with E-state index < -0.39 is 4.92 Å². The Morgan fingerprint density at radius 2 is 2.50 bits per heavy atom. The molecule has 14 heavy (non-hydrogen) atoms. The maximum atomic E-state index is 10.5. The number of nitro groups is 1. The maximum absolute atomic E-state index is 10.5. The second-order valence-corrected chi connectivity index (χ2v) is 2.66. The van der Waals surface area contributed by atoms with Crippen LogP contribution in [0.2, 0.25) is 0 Å². The zero-order valence-electron chi connectivity index (χ0n) is 7.64. The average Bonchev–Trinajstić information content (AvgIpc) is 2.51. The Bertz CT molecular complexity index is 346. The number of carbonyl (C=O) groups excluding carboxylic acids is 1. The highest BCUT2D eigenvalue weighted by Gasteiger charge is 2.12. The molecular weight excluding hydrogens is 188 g/mol. The van der Waals surface area contributed by atoms with E-state index in [1.54, 1.807) is 0 Å². The lowest BCUT2D eigenvalue weighted by Gasteiger charge is -2.01. The summed E-state index contributed by atoms with van der Waals surface area (Å²) in [5.74, 6) is -0.372. The van der Waals surface area contributed by atoms with E-state index in [0.29, 0.717) is 13.1 Å². The molecule has 7 nitrogen and oxygen atoms in total. The summed E-state index contributed by atoms with van der Waals surface area (Å²) in [6.45, 7) is 2.09. The number of nitrogens with one attached hydrogen (secondary N) is 1. The van der Waals surface area contributed by atoms with Crippen LogP contribution in [-0.2, 0) is 11.3 Å². The fraction of sp³-hybridized carbons (Fsp3) is 0.429. The molecule has 0 radical (unpaired) electrons. The molecule has 0 unspecified atom stereocenters. The van der Waals surface area contributed by atoms with Crippen molar-refractivity contribution in [2.75, 3.05) is 6.54 Å². The molecule has 0 aliphatic heterocycles. The van der Waals surface area contributed by atoms with Crippen LogP contribution < -0.4 is 5.32 Å². The van der Waals surface area contributed by atoms with Crippen LogP contribution >= 0.6 is 0 Å². The van der Waals surface area contributed by atoms with Crippen LogP contribution in [-0.4, -0.2) is 26.9 Å². The van der Waals surface area contributed by atoms with E-state index >= 15 is 0 Å². The van der Waals surface area contributed by atoms with Crippen LogP contribution in [0.1, 0.15) is 6.92 Å². The first-order chi connectivity index (χ1) is 6.61. The molecule has 0 saturated carbocycles. The van der Waals surface area contributed by atoms with Crippen molar-refractivity contribution in [2.45, 2.75) is 13.5 Å². The fourth-order valence-electron chi connectivity index (χ4n) is 1.00. The zero-order chi connectivity index (χ0) is 10.6. The lowest BCUT2D eigenvalue weighted by Crippen LogP contribution is -2.24. The summed E-state index contributed by atoms with van der Waals surface area (Å²) in [6, 6.07) is 0. The quantitative estimate of drug-likeness (QED) is 0.541. The van der Waals surface area contributed by atoms with Crippen LogP contribution in [0.3, 0.4) is 0 Å². The summed E-state index contributed by atoms with van der Waals surface area (Å²) < 4.78 is 1.37. The van der Waals surface area contributed by atoms with Crippen molar-refractivity contribution in [3.05, 3.63) is 22.5 Å². The first-order valence-corrected chi connectivity index (χ1v) is 4.01. The number of carbonyl (C=O) groups is 1. The first-order valence-electron chi connectivity index (χ1n) is 4.01. The van der Waals surface area contributed by atoms with Crippen molar-refractivity contribution in [1.82, 2.24) is 14.9 Å². The van der Waals surface area contributed by atoms with Gasteiger partial charge in [0, 0.05) is 13.5 Å². The van der Waals surface area contributed by atoms with Crippen molar-refractivity contribution < 1.29 is 9.72 Å². The molecule has 1 aromatic rings. The minimum Gasteiger partial charge on any atom is -0.390 e. The van der Waals surface area contributed by atoms with E-state index in [1.807, 2.05) is 0 Å². The number of hydrogen-bond acceptors (Lipinski definition) is 4. The Morgan fingerprint density at radius 1 is 1.79 bits per heavy atom. The van der Waals surface area contributed by atoms with Gasteiger partial charge in [0.2, 0.25) is 5.91 Å². The van der Waals surface area contributed by atoms with Gasteiger partial charge >= 0.3 is 5.95 Å². The van der Waals surface area contributed by atoms with Crippen LogP contribution in [0, 0.1) is 10.1 Å². The summed E-state index contributed by atoms with van der Waals surface area (Å²) in [5.41, 5.74) is 0. The molecule has 0 spiro atoms. The normalized spacial score (nSPS) is 9.79. The van der Waals surface area contributed by atoms with E-state index in [9.17, 15) is 14.9 Å². The Hall–Kier alpha value is -1.92. The smallest absolute Gasteiger partial charge is 0.390 e. The van der Waals surface area contributed by atoms with Gasteiger partial charge in [-0.2, -0.15) is 0 Å². The SMILES string of the molecule is CC(=O)NCCn1ccnc1[N+](=O)[O-]. The van der Waals surface area contributed by atoms with Crippen LogP contribution in [0.25, 0.3) is 0 Å². The summed E-state index contributed by atoms with van der Waals surface area (Å²) in [7, 11) is 0. The van der Waals surface area contributed by atoms with Crippen molar-refractivity contribution in [1.29, 1.82) is 0 Å². The number of hydrogen-bond donors (Lipinski definition) is 1. The third-order valence-corrected chi connectivity index (χ3v) is 1.58. The van der Waals surface area contributed by atoms with E-state index in [0.717, 1.165) is 0 Å². The molecule has 0 atom stereocenters. The number of nitrogens with zero attached hydrogens (tertiary/aromatic N) is 3. The molecule has 7 heteroatoms. The van der Waals surface area contributed by atoms with E-state index in [4.69, 9.17) is 0 Å². The van der Waals surface area contributed by atoms with Gasteiger partial charge in [0.05, 0.1) is 6.54 Å². The van der Waals surface area contributed by atoms with E-state index in [2.05, 4.69) is 10.3 Å². The minimum atomic E-state index is -0.562. The Kier molecular flexibility index (Phi) is 3.16. The Labute approximate surface area is 79.9 Å². The largest absolute Gasteiger partial charge is 0.434 e. The molecule has 1 rings (SSSR count). The van der Waals surface area contributed by atoms with Crippen molar-refractivity contribution >= 4 is 11.9 Å². The van der Waals surface area contributed by atoms with Gasteiger partial charge in [-0.25, -0.2) is 4.57 Å². The highest BCUT2D eigenvalue weighted by molar-refractivity contribution is 5.72. The maximum Gasteiger partial charge on any atom is 0.434 e. The second kappa shape index (κ2) is 4.35. The molecule has 1 aromatic heterocycles. The van der Waals surface area contributed by atoms with Gasteiger partial charge < -0.3 is 15.4 Å². The molecule has 0 bridgehead atoms. The van der Waals surface area contributed by atoms with Crippen molar-refractivity contribution in [3.8, 4) is 0 Å². The Balaban J connectivity index is 2.54. The molecule has 0 aliphatic carbocycles. The summed E-state index contributed by atoms with van der Waals surface area (Å²) >= 11 is 0. The molecular formula is C7H10N4O3. The van der Waals surface area contributed by atoms with Gasteiger partial charge in [-0.15, -0.1) is 0 Å². The van der Waals surface area contributed by atoms with Gasteiger partial charge in [0.25, 0.3) is 0 Å². The second-order valence-electron chi connectivity index (χ2n) is 2.66. The topological polar surface area (TPSA) is 90.1 Å². The highest BCUT2D eigenvalue weighted by atomic mass is 16.6. The number of amides is 1. The van der Waals surface area contributed by atoms with Crippen molar-refractivity contribution in [2.24, 2.45) is 0 Å². The molecule has 76 valence electrons. The van der Waals surface area contributed by atoms with Gasteiger partial charge in [-0.05, 0) is 4.92 Å². The molecule has 0 fully saturated rings. The van der Waals surface area contributed by atoms with Crippen LogP contribution in [0.5, 0.6) is 0 Å². The predicted octanol–water partition coefficient (Wildman–Crippen LogP) is -0.0726. The van der Waals surface area contributed by atoms with Gasteiger partial charge in [0.1, 0.15) is 12.4 Å². The lowest BCUT2D eigenvalue weighted by atomic mass is 10.5. The molecule has 0 aliphatic rings. The molecule has 0 saturated heterocycles. The number of aromatic nitrogens is 2. The van der Waals surface area contributed by atoms with E-state index in [1.165, 1.54) is 23.9 Å². The summed E-state index contributed by atoms with van der Waals surface area (Å²) in [6.07, 6.45) is 2.85. The summed E-state index contributed by atoms with van der Waals surface area (Å²) in [5, 5.41) is 13.0. The average molecular weight is 198 g/mol. The Morgan fingerprint density at radius 3 is 3.07 bits per heavy atom. The predicted molar refractivity (Wildman–Crippen MR) is 47.6 cm³/mol. The zero-order valence-corrected chi connectivity index (χ0v) is 7.64. The molecule has 1 N–H and O–H groups in total. The third kappa shape index (κ3) is 2.54. The first kappa shape index (κ1) is 10.2. The van der Waals surface area contributed by atoms with Crippen LogP contribution in [0.4, 0.5) is 5.95 Å². The standard InChI is InChI=1S/C7H10N4O3/c1-6(12)8-2-4-10-5-3-9-7(10)11(13)14/h3,5H,2,4H2,1H3,(H,8,12). The minimum absolute atomic E-state index is 0.159. The summed E-state index contributed by atoms with van der Waals surface area (Å²) in [4.78, 5) is 23.9. The number of rotatable bonds is 4. The fourth-order valence-corrected chi connectivity index (χ4v) is 1.00. The molecule has 1 amide bonds. The number of imidazole rings is 1. The van der Waals surface area contributed by atoms with Crippen molar-refractivity contribution in [3.63, 3.8) is 0 Å². The third-order valence-electron chi connectivity index (χ3n) is 1.58. The monoisotopic (exact) mass is 198 g/mol. The van der Waals surface area contributed by atoms with Gasteiger partial charge in [-0.3, -0.25) is 4.79 Å². The lowest BCUT2D eigenvalue weighted by molar-refractivity contribution is -0.396. The van der Waals surface area contributed by atoms with Crippen LogP contribution in [0.15, 0.2) is 12.4 Å². The highest BCUT2D eigenvalue weighted by Crippen LogP contribution is 2.05. The molecule has 0 aromatic carbocycles. The van der Waals surface area contributed by atoms with E-state index in [-0.39, 0.29) is 11.9 Å². The van der Waals surface area contributed by atoms with Gasteiger partial charge in [0.15, 0.2) is 0 Å². The van der Waals surface area contributed by atoms with Gasteiger partial charge in [-0.1, -0.05) is 4.98 Å².